The van der Waals surface area contributed by atoms with Gasteiger partial charge in [-0.15, -0.1) is 0 Å². The first-order valence-electron chi connectivity index (χ1n) is 19.3. The third kappa shape index (κ3) is 5.52. The monoisotopic (exact) mass is 851 g/mol. The van der Waals surface area contributed by atoms with Crippen LogP contribution >= 0.6 is 0 Å². The minimum absolute atomic E-state index is 0.336. The Labute approximate surface area is 347 Å². The maximum atomic E-state index is 9.48. The van der Waals surface area contributed by atoms with E-state index in [2.05, 4.69) is 127 Å². The predicted octanol–water partition coefficient (Wildman–Crippen LogP) is 8.88. The van der Waals surface area contributed by atoms with Crippen LogP contribution in [0.4, 0.5) is 0 Å². The van der Waals surface area contributed by atoms with Gasteiger partial charge in [0.1, 0.15) is 0 Å². The molecule has 0 N–H and O–H groups in total. The second-order valence-corrected chi connectivity index (χ2v) is 17.5. The Hall–Kier alpha value is -7.01. The molecule has 0 bridgehead atoms. The zero-order chi connectivity index (χ0) is 38.6. The summed E-state index contributed by atoms with van der Waals surface area (Å²) in [6, 6.07) is 71.2. The van der Waals surface area contributed by atoms with Crippen LogP contribution in [0.2, 0.25) is 0 Å². The van der Waals surface area contributed by atoms with Crippen molar-refractivity contribution >= 4 is 0 Å². The topological polar surface area (TPSA) is 62.5 Å². The number of fused-ring (bicyclic) bond motifs is 9. The van der Waals surface area contributed by atoms with Crippen molar-refractivity contribution in [2.45, 2.75) is 5.41 Å². The second kappa shape index (κ2) is 13.9. The number of hydrogen-bond acceptors (Lipinski definition) is 4. The van der Waals surface area contributed by atoms with E-state index >= 15 is 0 Å². The van der Waals surface area contributed by atoms with Crippen LogP contribution in [0.25, 0.3) is 67.5 Å². The summed E-state index contributed by atoms with van der Waals surface area (Å²) in [6.45, 7) is 0. The summed E-state index contributed by atoms with van der Waals surface area (Å²) in [5.74, 6) is 1.93. The van der Waals surface area contributed by atoms with E-state index in [4.69, 9.17) is 15.0 Å². The van der Waals surface area contributed by atoms with Crippen LogP contribution in [0.1, 0.15) is 27.8 Å². The first kappa shape index (κ1) is 34.3. The van der Waals surface area contributed by atoms with E-state index in [1.54, 1.807) is 0 Å². The van der Waals surface area contributed by atoms with Crippen LogP contribution in [-0.2, 0) is 5.41 Å². The summed E-state index contributed by atoms with van der Waals surface area (Å²) in [6.07, 6.45) is 0. The van der Waals surface area contributed by atoms with Gasteiger partial charge in [-0.3, -0.25) is 0 Å². The zero-order valence-electron chi connectivity index (χ0n) is 31.1. The van der Waals surface area contributed by atoms with Gasteiger partial charge >= 0.3 is 246 Å². The quantitative estimate of drug-likeness (QED) is 0.163. The number of hydrogen-bond donors (Lipinski definition) is 0. The van der Waals surface area contributed by atoms with Gasteiger partial charge in [0.25, 0.3) is 0 Å². The van der Waals surface area contributed by atoms with E-state index in [9.17, 15) is 5.26 Å². The number of benzene rings is 8. The molecule has 1 aromatic heterocycles. The fourth-order valence-corrected chi connectivity index (χ4v) is 11.9. The zero-order valence-corrected chi connectivity index (χ0v) is 33.3. The van der Waals surface area contributed by atoms with Gasteiger partial charge in [0, 0.05) is 11.1 Å². The molecular formula is C53H32IN4-. The first-order valence-corrected chi connectivity index (χ1v) is 21.4. The van der Waals surface area contributed by atoms with Gasteiger partial charge in [0.05, 0.1) is 0 Å². The summed E-state index contributed by atoms with van der Waals surface area (Å²) < 4.78 is 2.94. The van der Waals surface area contributed by atoms with Crippen LogP contribution in [0.15, 0.2) is 194 Å². The Bertz CT molecular complexity index is 2980. The van der Waals surface area contributed by atoms with Crippen molar-refractivity contribution < 1.29 is 21.2 Å². The molecule has 0 unspecified atom stereocenters. The number of aromatic nitrogens is 3. The molecule has 0 radical (unpaired) electrons. The van der Waals surface area contributed by atoms with Gasteiger partial charge in [0.15, 0.2) is 11.6 Å². The average Bonchev–Trinajstić information content (AvgIpc) is 3.59. The van der Waals surface area contributed by atoms with Gasteiger partial charge in [-0.05, 0) is 0 Å². The van der Waals surface area contributed by atoms with Crippen molar-refractivity contribution in [1.29, 1.82) is 5.26 Å². The molecule has 1 aliphatic heterocycles. The van der Waals surface area contributed by atoms with E-state index in [1.165, 1.54) is 40.5 Å². The molecule has 4 nitrogen and oxygen atoms in total. The fraction of sp³-hybridized carbons (Fsp3) is 0.0189. The van der Waals surface area contributed by atoms with Crippen molar-refractivity contribution in [2.24, 2.45) is 0 Å². The van der Waals surface area contributed by atoms with Crippen LogP contribution in [0, 0.1) is 18.5 Å². The van der Waals surface area contributed by atoms with Crippen LogP contribution in [0.3, 0.4) is 0 Å². The summed E-state index contributed by atoms with van der Waals surface area (Å²) in [7, 11) is 0. The van der Waals surface area contributed by atoms with Gasteiger partial charge < -0.3 is 0 Å². The van der Waals surface area contributed by atoms with Crippen molar-refractivity contribution in [1.82, 2.24) is 15.0 Å². The van der Waals surface area contributed by atoms with Gasteiger partial charge in [-0.2, -0.15) is 5.26 Å². The summed E-state index contributed by atoms with van der Waals surface area (Å²) >= 11 is -0.336. The molecule has 1 spiro atoms. The summed E-state index contributed by atoms with van der Waals surface area (Å²) in [4.78, 5) is 14.8. The Balaban J connectivity index is 1.06. The molecule has 272 valence electrons. The standard InChI is InChI=1S/C53H32IN4/c55-33-34-19-21-35(22-20-34)40-27-29-44-42(31-40)43-32-41(28-30-45(43)53(44)46-15-7-9-17-48(46)54-49-18-10-8-16-47(49)53)36-23-25-39(26-24-36)52-57-50(37-11-3-1-4-12-37)56-51(58-52)38-13-5-2-6-14-38/h1-32H/q-1. The molecule has 1 aliphatic carbocycles. The average molecular weight is 852 g/mol. The van der Waals surface area contributed by atoms with E-state index in [0.29, 0.717) is 23.0 Å². The van der Waals surface area contributed by atoms with Gasteiger partial charge in [0.2, 0.25) is 0 Å². The number of halogens is 1. The molecule has 0 fully saturated rings. The van der Waals surface area contributed by atoms with E-state index < -0.39 is 5.41 Å². The molecular weight excluding hydrogens is 820 g/mol. The van der Waals surface area contributed by atoms with E-state index in [0.717, 1.165) is 38.9 Å². The normalized spacial score (nSPS) is 13.0. The van der Waals surface area contributed by atoms with Crippen molar-refractivity contribution in [3.05, 3.63) is 229 Å². The van der Waals surface area contributed by atoms with E-state index in [-0.39, 0.29) is 21.2 Å². The third-order valence-corrected chi connectivity index (χ3v) is 14.5. The van der Waals surface area contributed by atoms with Crippen LogP contribution in [0.5, 0.6) is 0 Å². The number of nitrogens with zero attached hydrogens (tertiary/aromatic N) is 4. The minimum atomic E-state index is -0.424. The Kier molecular flexibility index (Phi) is 8.19. The number of rotatable bonds is 5. The Morgan fingerprint density at radius 1 is 0.362 bits per heavy atom. The van der Waals surface area contributed by atoms with Gasteiger partial charge in [-0.25, -0.2) is 15.0 Å². The molecule has 2 aliphatic rings. The molecule has 5 heteroatoms. The molecule has 11 rings (SSSR count). The van der Waals surface area contributed by atoms with Gasteiger partial charge in [-0.1, -0.05) is 60.7 Å². The van der Waals surface area contributed by atoms with E-state index in [1.807, 2.05) is 72.8 Å². The molecule has 0 saturated carbocycles. The van der Waals surface area contributed by atoms with Crippen LogP contribution < -0.4 is 21.2 Å². The molecule has 2 heterocycles. The molecule has 9 aromatic rings. The third-order valence-electron chi connectivity index (χ3n) is 11.4. The maximum absolute atomic E-state index is 9.48. The van der Waals surface area contributed by atoms with Crippen molar-refractivity contribution in [3.8, 4) is 73.6 Å². The molecule has 58 heavy (non-hydrogen) atoms. The summed E-state index contributed by atoms with van der Waals surface area (Å²) in [5.41, 5.74) is 15.5. The van der Waals surface area contributed by atoms with Crippen LogP contribution in [-0.4, -0.2) is 15.0 Å². The Morgan fingerprint density at radius 3 is 1.21 bits per heavy atom. The second-order valence-electron chi connectivity index (χ2n) is 14.6. The SMILES string of the molecule is N#Cc1ccc(-c2ccc3c(c2)-c2cc(-c4ccc(-c5nc(-c6ccccc6)nc(-c6ccccc6)n5)cc4)ccc2C32c3ccccc3[I-]c3ccccc32)cc1. The molecule has 0 amide bonds. The molecule has 0 atom stereocenters. The predicted molar refractivity (Wildman–Crippen MR) is 226 cm³/mol. The number of nitriles is 1. The fourth-order valence-electron chi connectivity index (χ4n) is 8.71. The molecule has 0 saturated heterocycles. The molecule has 8 aromatic carbocycles. The summed E-state index contributed by atoms with van der Waals surface area (Å²) in [5, 5.41) is 9.48. The Morgan fingerprint density at radius 2 is 0.741 bits per heavy atom. The van der Waals surface area contributed by atoms with Crippen molar-refractivity contribution in [2.75, 3.05) is 0 Å². The first-order chi connectivity index (χ1) is 28.7. The van der Waals surface area contributed by atoms with Crippen molar-refractivity contribution in [3.63, 3.8) is 0 Å².